The van der Waals surface area contributed by atoms with E-state index in [1.807, 2.05) is 30.3 Å². The van der Waals surface area contributed by atoms with Crippen molar-refractivity contribution in [3.63, 3.8) is 0 Å². The molecule has 0 bridgehead atoms. The van der Waals surface area contributed by atoms with E-state index in [0.29, 0.717) is 17.5 Å². The summed E-state index contributed by atoms with van der Waals surface area (Å²) in [6.45, 7) is 4.34. The van der Waals surface area contributed by atoms with E-state index in [4.69, 9.17) is 10.2 Å². The van der Waals surface area contributed by atoms with Gasteiger partial charge in [-0.1, -0.05) is 35.8 Å². The quantitative estimate of drug-likeness (QED) is 0.675. The summed E-state index contributed by atoms with van der Waals surface area (Å²) in [6, 6.07) is 11.7. The third kappa shape index (κ3) is 2.31. The Bertz CT molecular complexity index is 777. The first kappa shape index (κ1) is 13.2. The number of halogens is 1. The third-order valence-corrected chi connectivity index (χ3v) is 3.97. The molecule has 3 nitrogen and oxygen atoms in total. The van der Waals surface area contributed by atoms with E-state index in [-0.39, 0.29) is 0 Å². The largest absolute Gasteiger partial charge is 0.436 e. The number of oxazole rings is 1. The molecule has 1 aromatic heterocycles. The zero-order chi connectivity index (χ0) is 14.3. The first-order chi connectivity index (χ1) is 9.54. The molecular formula is C16H15BrN2O. The molecule has 0 fully saturated rings. The van der Waals surface area contributed by atoms with Crippen LogP contribution in [0.25, 0.3) is 22.6 Å². The number of nitrogens with two attached hydrogens (primary N) is 1. The summed E-state index contributed by atoms with van der Waals surface area (Å²) in [5, 5.41) is 0. The molecule has 20 heavy (non-hydrogen) atoms. The highest BCUT2D eigenvalue weighted by atomic mass is 79.9. The van der Waals surface area contributed by atoms with Gasteiger partial charge in [-0.25, -0.2) is 4.98 Å². The second-order valence-electron chi connectivity index (χ2n) is 5.14. The van der Waals surface area contributed by atoms with E-state index < -0.39 is 0 Å². The second kappa shape index (κ2) is 4.94. The van der Waals surface area contributed by atoms with Crippen LogP contribution in [0.1, 0.15) is 25.3 Å². The Balaban J connectivity index is 2.08. The van der Waals surface area contributed by atoms with Gasteiger partial charge in [-0.3, -0.25) is 0 Å². The SMILES string of the molecule is CC(C)c1ccc(-c2nc3cc(N)ccc3o2)cc1Br. The van der Waals surface area contributed by atoms with Crippen LogP contribution in [0, 0.1) is 0 Å². The number of hydrogen-bond donors (Lipinski definition) is 1. The van der Waals surface area contributed by atoms with E-state index in [1.54, 1.807) is 0 Å². The summed E-state index contributed by atoms with van der Waals surface area (Å²) >= 11 is 3.61. The van der Waals surface area contributed by atoms with Gasteiger partial charge in [0.2, 0.25) is 5.89 Å². The van der Waals surface area contributed by atoms with Gasteiger partial charge in [0.05, 0.1) is 0 Å². The molecule has 0 atom stereocenters. The summed E-state index contributed by atoms with van der Waals surface area (Å²) in [5.41, 5.74) is 10.2. The molecule has 4 heteroatoms. The average Bonchev–Trinajstić information content (AvgIpc) is 2.81. The molecule has 0 saturated heterocycles. The van der Waals surface area contributed by atoms with Crippen LogP contribution in [0.2, 0.25) is 0 Å². The number of hydrogen-bond acceptors (Lipinski definition) is 3. The second-order valence-corrected chi connectivity index (χ2v) is 5.99. The van der Waals surface area contributed by atoms with Crippen molar-refractivity contribution < 1.29 is 4.42 Å². The lowest BCUT2D eigenvalue weighted by Gasteiger charge is -2.08. The lowest BCUT2D eigenvalue weighted by Crippen LogP contribution is -1.89. The maximum absolute atomic E-state index is 5.78. The van der Waals surface area contributed by atoms with Crippen molar-refractivity contribution in [3.05, 3.63) is 46.4 Å². The van der Waals surface area contributed by atoms with Crippen molar-refractivity contribution in [1.82, 2.24) is 4.98 Å². The Morgan fingerprint density at radius 1 is 1.15 bits per heavy atom. The van der Waals surface area contributed by atoms with Crippen LogP contribution < -0.4 is 5.73 Å². The summed E-state index contributed by atoms with van der Waals surface area (Å²) in [6.07, 6.45) is 0. The van der Waals surface area contributed by atoms with E-state index >= 15 is 0 Å². The number of benzene rings is 2. The molecule has 2 aromatic carbocycles. The van der Waals surface area contributed by atoms with Crippen LogP contribution >= 0.6 is 15.9 Å². The highest BCUT2D eigenvalue weighted by Gasteiger charge is 2.11. The van der Waals surface area contributed by atoms with Crippen molar-refractivity contribution in [1.29, 1.82) is 0 Å². The maximum Gasteiger partial charge on any atom is 0.227 e. The van der Waals surface area contributed by atoms with Gasteiger partial charge in [0.15, 0.2) is 5.58 Å². The smallest absolute Gasteiger partial charge is 0.227 e. The van der Waals surface area contributed by atoms with Gasteiger partial charge in [-0.2, -0.15) is 0 Å². The van der Waals surface area contributed by atoms with Gasteiger partial charge in [0, 0.05) is 15.7 Å². The molecule has 1 heterocycles. The number of anilines is 1. The summed E-state index contributed by atoms with van der Waals surface area (Å²) in [5.74, 6) is 1.09. The standard InChI is InChI=1S/C16H15BrN2O/c1-9(2)12-5-3-10(7-13(12)17)16-19-14-8-11(18)4-6-15(14)20-16/h3-9H,18H2,1-2H3. The monoisotopic (exact) mass is 330 g/mol. The highest BCUT2D eigenvalue weighted by Crippen LogP contribution is 2.31. The van der Waals surface area contributed by atoms with E-state index in [9.17, 15) is 0 Å². The molecule has 0 amide bonds. The first-order valence-electron chi connectivity index (χ1n) is 6.50. The van der Waals surface area contributed by atoms with Gasteiger partial charge < -0.3 is 10.2 Å². The Morgan fingerprint density at radius 2 is 1.95 bits per heavy atom. The predicted octanol–water partition coefficient (Wildman–Crippen LogP) is 4.96. The zero-order valence-electron chi connectivity index (χ0n) is 11.4. The Morgan fingerprint density at radius 3 is 2.65 bits per heavy atom. The molecule has 0 saturated carbocycles. The Hall–Kier alpha value is -1.81. The normalized spacial score (nSPS) is 11.4. The summed E-state index contributed by atoms with van der Waals surface area (Å²) < 4.78 is 6.85. The molecule has 0 aliphatic heterocycles. The van der Waals surface area contributed by atoms with Crippen molar-refractivity contribution in [2.45, 2.75) is 19.8 Å². The molecular weight excluding hydrogens is 316 g/mol. The molecule has 3 rings (SSSR count). The van der Waals surface area contributed by atoms with Crippen LogP contribution in [0.3, 0.4) is 0 Å². The minimum atomic E-state index is 0.474. The molecule has 0 unspecified atom stereocenters. The molecule has 0 aliphatic rings. The molecule has 0 radical (unpaired) electrons. The lowest BCUT2D eigenvalue weighted by atomic mass is 10.0. The maximum atomic E-state index is 5.78. The zero-order valence-corrected chi connectivity index (χ0v) is 12.9. The van der Waals surface area contributed by atoms with Gasteiger partial charge in [-0.05, 0) is 41.8 Å². The molecule has 2 N–H and O–H groups in total. The van der Waals surface area contributed by atoms with Crippen LogP contribution in [-0.4, -0.2) is 4.98 Å². The minimum Gasteiger partial charge on any atom is -0.436 e. The average molecular weight is 331 g/mol. The Kier molecular flexibility index (Phi) is 3.26. The van der Waals surface area contributed by atoms with E-state index in [0.717, 1.165) is 21.1 Å². The summed E-state index contributed by atoms with van der Waals surface area (Å²) in [7, 11) is 0. The van der Waals surface area contributed by atoms with Gasteiger partial charge >= 0.3 is 0 Å². The fraction of sp³-hybridized carbons (Fsp3) is 0.188. The number of nitrogens with zero attached hydrogens (tertiary/aromatic N) is 1. The number of nitrogen functional groups attached to an aromatic ring is 1. The molecule has 0 spiro atoms. The van der Waals surface area contributed by atoms with E-state index in [2.05, 4.69) is 40.8 Å². The third-order valence-electron chi connectivity index (χ3n) is 3.28. The number of fused-ring (bicyclic) bond motifs is 1. The number of aromatic nitrogens is 1. The first-order valence-corrected chi connectivity index (χ1v) is 7.30. The van der Waals surface area contributed by atoms with Crippen molar-refractivity contribution in [3.8, 4) is 11.5 Å². The van der Waals surface area contributed by atoms with Gasteiger partial charge in [0.1, 0.15) is 5.52 Å². The van der Waals surface area contributed by atoms with E-state index in [1.165, 1.54) is 5.56 Å². The van der Waals surface area contributed by atoms with Crippen molar-refractivity contribution >= 4 is 32.7 Å². The lowest BCUT2D eigenvalue weighted by molar-refractivity contribution is 0.619. The minimum absolute atomic E-state index is 0.474. The fourth-order valence-electron chi connectivity index (χ4n) is 2.20. The fourth-order valence-corrected chi connectivity index (χ4v) is 3.03. The Labute approximate surface area is 125 Å². The van der Waals surface area contributed by atoms with Crippen LogP contribution in [-0.2, 0) is 0 Å². The van der Waals surface area contributed by atoms with Crippen LogP contribution in [0.5, 0.6) is 0 Å². The summed E-state index contributed by atoms with van der Waals surface area (Å²) in [4.78, 5) is 4.49. The van der Waals surface area contributed by atoms with Crippen molar-refractivity contribution in [2.24, 2.45) is 0 Å². The number of rotatable bonds is 2. The highest BCUT2D eigenvalue weighted by molar-refractivity contribution is 9.10. The topological polar surface area (TPSA) is 52.0 Å². The predicted molar refractivity (Wildman–Crippen MR) is 85.6 cm³/mol. The molecule has 102 valence electrons. The molecule has 0 aliphatic carbocycles. The molecule has 3 aromatic rings. The van der Waals surface area contributed by atoms with Crippen LogP contribution in [0.15, 0.2) is 45.3 Å². The van der Waals surface area contributed by atoms with Crippen LogP contribution in [0.4, 0.5) is 5.69 Å². The van der Waals surface area contributed by atoms with Crippen molar-refractivity contribution in [2.75, 3.05) is 5.73 Å². The van der Waals surface area contributed by atoms with Gasteiger partial charge in [0.25, 0.3) is 0 Å². The van der Waals surface area contributed by atoms with Gasteiger partial charge in [-0.15, -0.1) is 0 Å².